The second-order valence-corrected chi connectivity index (χ2v) is 15.9. The summed E-state index contributed by atoms with van der Waals surface area (Å²) in [6.45, 7) is 0. The lowest BCUT2D eigenvalue weighted by Gasteiger charge is -2.35. The lowest BCUT2D eigenvalue weighted by Crippen LogP contribution is -3.00. The van der Waals surface area contributed by atoms with Crippen molar-refractivity contribution in [3.63, 3.8) is 0 Å². The lowest BCUT2D eigenvalue weighted by molar-refractivity contribution is -0.840. The molecule has 0 saturated heterocycles. The molecule has 0 bridgehead atoms. The van der Waals surface area contributed by atoms with Crippen LogP contribution in [0.2, 0.25) is 72.1 Å². The fraction of sp³-hybridized carbons (Fsp3) is 0. The Kier molecular flexibility index (Phi) is 45.2. The molecule has 71 heavy (non-hydrogen) atoms. The summed E-state index contributed by atoms with van der Waals surface area (Å²) in [5, 5.41) is 24.9. The van der Waals surface area contributed by atoms with E-state index in [1.165, 1.54) is 84.9 Å². The number of rotatable bonds is 0. The van der Waals surface area contributed by atoms with Gasteiger partial charge in [0.1, 0.15) is 0 Å². The van der Waals surface area contributed by atoms with Gasteiger partial charge in [-0.25, -0.2) is 0 Å². The van der Waals surface area contributed by atoms with Crippen LogP contribution in [-0.4, -0.2) is 7.32 Å². The van der Waals surface area contributed by atoms with Gasteiger partial charge >= 0.3 is 72.1 Å². The van der Waals surface area contributed by atoms with E-state index in [9.17, 15) is 31.4 Å². The van der Waals surface area contributed by atoms with E-state index in [4.69, 9.17) is 177 Å². The third-order valence-electron chi connectivity index (χ3n) is 5.90. The Morgan fingerprint density at radius 1 is 0.225 bits per heavy atom. The maximum absolute atomic E-state index is 12.4. The van der Waals surface area contributed by atoms with E-state index in [1.54, 1.807) is 42.5 Å². The van der Waals surface area contributed by atoms with Gasteiger partial charge in [-0.05, 0) is 205 Å². The van der Waals surface area contributed by atoms with Crippen molar-refractivity contribution in [1.82, 2.24) is 0 Å². The highest BCUT2D eigenvalue weighted by Gasteiger charge is 2.16. The van der Waals surface area contributed by atoms with E-state index in [1.807, 2.05) is 0 Å². The molecule has 36 heteroatoms. The monoisotopic (exact) mass is 1300 g/mol. The molecule has 0 spiro atoms. The molecular formula is C35H21BCl14F11N7O3. The number of hydrogen-bond donors (Lipinski definition) is 0. The van der Waals surface area contributed by atoms with Crippen LogP contribution in [0.4, 0.5) is 31.4 Å². The van der Waals surface area contributed by atoms with E-state index in [0.717, 1.165) is 0 Å². The first-order valence-electron chi connectivity index (χ1n) is 16.4. The molecule has 0 atom stereocenters. The summed E-state index contributed by atoms with van der Waals surface area (Å²) < 4.78 is 86.7. The summed E-state index contributed by atoms with van der Waals surface area (Å²) >= 11 is 74.4. The molecule has 0 radical (unpaired) electrons. The van der Waals surface area contributed by atoms with Gasteiger partial charge in [-0.3, -0.25) is 7.32 Å². The topological polar surface area (TPSA) is 96.3 Å². The van der Waals surface area contributed by atoms with Crippen molar-refractivity contribution in [2.24, 2.45) is 0 Å². The Morgan fingerprint density at radius 3 is 0.324 bits per heavy atom. The molecule has 0 fully saturated rings. The SMILES string of the molecule is F[n+]1c(Cl)cccc1Cl.F[n+]1c(Cl)cccc1Cl.F[n+]1c(Cl)cccc1Cl.F[n+]1c(Cl)cccc1Cl.F[n+]1c(Cl)cccc1Cl.F[n+]1c(Cl)cccc1Cl.F[n+]1c(Cl)cccc1Cl.[F-].[F-].[F-].[F-].[O-]B([O-])[O-]. The van der Waals surface area contributed by atoms with Gasteiger partial charge in [0.15, 0.2) is 0 Å². The standard InChI is InChI=1S/7C5H3Cl2FN.BO3.4FH/c7*6-4-2-1-3-5(7)9(4)8;2-1(3)4;;;;/h7*1-3H;;4*1H/q7*+1;-3;;;;/p-4. The van der Waals surface area contributed by atoms with Crippen LogP contribution in [0.1, 0.15) is 0 Å². The van der Waals surface area contributed by atoms with Crippen molar-refractivity contribution in [2.75, 3.05) is 0 Å². The highest BCUT2D eigenvalue weighted by atomic mass is 35.5. The van der Waals surface area contributed by atoms with Gasteiger partial charge in [0.05, 0.1) is 64.9 Å². The van der Waals surface area contributed by atoms with Crippen LogP contribution < -0.4 is 67.4 Å². The predicted molar refractivity (Wildman–Crippen MR) is 238 cm³/mol. The van der Waals surface area contributed by atoms with E-state index < -0.39 is 7.32 Å². The van der Waals surface area contributed by atoms with Gasteiger partial charge in [0.2, 0.25) is 0 Å². The molecule has 0 aliphatic heterocycles. The molecule has 7 heterocycles. The van der Waals surface area contributed by atoms with Crippen LogP contribution in [0, 0.1) is 0 Å². The second-order valence-electron chi connectivity index (χ2n) is 10.5. The van der Waals surface area contributed by atoms with Crippen LogP contribution >= 0.6 is 162 Å². The minimum atomic E-state index is -2.92. The number of pyridine rings is 7. The molecule has 7 aromatic rings. The first-order valence-corrected chi connectivity index (χ1v) is 21.7. The fourth-order valence-electron chi connectivity index (χ4n) is 3.08. The zero-order valence-corrected chi connectivity index (χ0v) is 44.1. The quantitative estimate of drug-likeness (QED) is 0.102. The highest BCUT2D eigenvalue weighted by molar-refractivity contribution is 6.33. The van der Waals surface area contributed by atoms with E-state index >= 15 is 0 Å². The largest absolute Gasteiger partial charge is 1.00 e. The summed E-state index contributed by atoms with van der Waals surface area (Å²) in [5.41, 5.74) is 0. The van der Waals surface area contributed by atoms with Gasteiger partial charge in [-0.1, -0.05) is 0 Å². The number of nitrogens with zero attached hydrogens (tertiary/aromatic N) is 7. The van der Waals surface area contributed by atoms with Crippen LogP contribution in [-0.2, 0) is 0 Å². The Morgan fingerprint density at radius 2 is 0.282 bits per heavy atom. The van der Waals surface area contributed by atoms with Crippen molar-refractivity contribution in [2.45, 2.75) is 0 Å². The summed E-state index contributed by atoms with van der Waals surface area (Å²) in [6, 6.07) is 30.7. The van der Waals surface area contributed by atoms with Crippen LogP contribution in [0.3, 0.4) is 0 Å². The Balaban J connectivity index is -0.000000233. The fourth-order valence-corrected chi connectivity index (χ4v) is 5.67. The predicted octanol–water partition coefficient (Wildman–Crippen LogP) is -1.84. The van der Waals surface area contributed by atoms with Crippen LogP contribution in [0.15, 0.2) is 127 Å². The average Bonchev–Trinajstić information content (AvgIpc) is 3.27. The zero-order chi connectivity index (χ0) is 51.6. The molecule has 7 aromatic heterocycles. The molecule has 0 unspecified atom stereocenters. The minimum Gasteiger partial charge on any atom is -1.00 e. The maximum atomic E-state index is 12.4. The minimum absolute atomic E-state index is 0. The summed E-state index contributed by atoms with van der Waals surface area (Å²) in [4.78, 5) is 1.38. The van der Waals surface area contributed by atoms with Crippen molar-refractivity contribution in [1.29, 1.82) is 0 Å². The van der Waals surface area contributed by atoms with Crippen molar-refractivity contribution in [3.05, 3.63) is 200 Å². The molecular weight excluding hydrogens is 1280 g/mol. The van der Waals surface area contributed by atoms with E-state index in [-0.39, 0.29) is 124 Å². The van der Waals surface area contributed by atoms with E-state index in [2.05, 4.69) is 0 Å². The molecule has 0 aliphatic rings. The van der Waals surface area contributed by atoms with Crippen molar-refractivity contribution < 1.29 is 98.8 Å². The van der Waals surface area contributed by atoms with Crippen LogP contribution in [0.25, 0.3) is 0 Å². The Bertz CT molecular complexity index is 2010. The van der Waals surface area contributed by atoms with Crippen molar-refractivity contribution in [3.8, 4) is 0 Å². The molecule has 0 amide bonds. The third-order valence-corrected chi connectivity index (χ3v) is 9.74. The Hall–Kier alpha value is -2.72. The van der Waals surface area contributed by atoms with Gasteiger partial charge < -0.3 is 33.9 Å². The maximum Gasteiger partial charge on any atom is 0.323 e. The van der Waals surface area contributed by atoms with Crippen LogP contribution in [0.5, 0.6) is 0 Å². The summed E-state index contributed by atoms with van der Waals surface area (Å²) in [6.07, 6.45) is 0. The first-order chi connectivity index (χ1) is 31.2. The van der Waals surface area contributed by atoms with Gasteiger partial charge in [0, 0.05) is 84.9 Å². The zero-order valence-electron chi connectivity index (χ0n) is 33.5. The Labute approximate surface area is 464 Å². The smallest absolute Gasteiger partial charge is 0.323 e. The summed E-state index contributed by atoms with van der Waals surface area (Å²) in [7, 11) is -2.92. The summed E-state index contributed by atoms with van der Waals surface area (Å²) in [5.74, 6) is 0. The molecule has 7 rings (SSSR count). The highest BCUT2D eigenvalue weighted by Crippen LogP contribution is 2.11. The molecule has 0 N–H and O–H groups in total. The molecule has 392 valence electrons. The van der Waals surface area contributed by atoms with Gasteiger partial charge in [-0.15, -0.1) is 0 Å². The third kappa shape index (κ3) is 31.6. The number of hydrogen-bond acceptors (Lipinski definition) is 3. The van der Waals surface area contributed by atoms with E-state index in [0.29, 0.717) is 0 Å². The normalized spacial score (nSPS) is 8.96. The van der Waals surface area contributed by atoms with Gasteiger partial charge in [0.25, 0.3) is 0 Å². The molecule has 10 nitrogen and oxygen atoms in total. The number of halogens is 25. The lowest BCUT2D eigenvalue weighted by atomic mass is 10.3. The van der Waals surface area contributed by atoms with Crippen molar-refractivity contribution >= 4 is 170 Å². The number of aromatic nitrogens is 7. The second kappa shape index (κ2) is 41.6. The van der Waals surface area contributed by atoms with Gasteiger partial charge in [-0.2, -0.15) is 0 Å². The molecule has 0 aromatic carbocycles. The first kappa shape index (κ1) is 77.2. The average molecular weight is 1300 g/mol. The molecule has 0 saturated carbocycles. The molecule has 0 aliphatic carbocycles.